The largest absolute Gasteiger partial charge is 0.416 e. The van der Waals surface area contributed by atoms with Gasteiger partial charge in [-0.1, -0.05) is 6.07 Å². The zero-order valence-electron chi connectivity index (χ0n) is 18.7. The average Bonchev–Trinajstić information content (AvgIpc) is 2.73. The van der Waals surface area contributed by atoms with Gasteiger partial charge in [-0.3, -0.25) is 4.90 Å². The zero-order chi connectivity index (χ0) is 22.3. The number of ether oxygens (including phenoxy) is 1. The number of β-amino-alcohol motifs (C(OH)–C–C–N with tert-alkyl or cyclic N) is 1. The smallest absolute Gasteiger partial charge is 0.389 e. The number of aliphatic hydroxyl groups is 1. The molecular formula is C25H35F3N2O2. The van der Waals surface area contributed by atoms with Gasteiger partial charge in [0.05, 0.1) is 24.9 Å². The number of alkyl halides is 3. The molecule has 178 valence electrons. The summed E-state index contributed by atoms with van der Waals surface area (Å²) in [6.45, 7) is 4.47. The van der Waals surface area contributed by atoms with Crippen molar-refractivity contribution in [2.75, 3.05) is 50.8 Å². The van der Waals surface area contributed by atoms with Gasteiger partial charge in [0.15, 0.2) is 0 Å². The molecule has 1 saturated heterocycles. The van der Waals surface area contributed by atoms with Crippen molar-refractivity contribution in [2.24, 2.45) is 23.2 Å². The third-order valence-electron chi connectivity index (χ3n) is 8.26. The van der Waals surface area contributed by atoms with Crippen LogP contribution in [0.1, 0.15) is 44.1 Å². The molecule has 0 spiro atoms. The van der Waals surface area contributed by atoms with Gasteiger partial charge in [-0.05, 0) is 79.9 Å². The number of hydrogen-bond donors (Lipinski definition) is 1. The molecule has 4 saturated carbocycles. The molecule has 4 nitrogen and oxygen atoms in total. The molecule has 1 heterocycles. The lowest BCUT2D eigenvalue weighted by Gasteiger charge is -2.56. The Morgan fingerprint density at radius 3 is 2.22 bits per heavy atom. The number of halogens is 3. The van der Waals surface area contributed by atoms with Crippen LogP contribution in [0.4, 0.5) is 18.9 Å². The Morgan fingerprint density at radius 1 is 1.00 bits per heavy atom. The minimum Gasteiger partial charge on any atom is -0.389 e. The molecule has 0 aromatic heterocycles. The van der Waals surface area contributed by atoms with Crippen LogP contribution in [-0.2, 0) is 10.9 Å². The maximum absolute atomic E-state index is 13.0. The number of piperazine rings is 1. The van der Waals surface area contributed by atoms with E-state index in [4.69, 9.17) is 4.74 Å². The van der Waals surface area contributed by atoms with Gasteiger partial charge in [0.1, 0.15) is 0 Å². The molecule has 1 aromatic rings. The lowest BCUT2D eigenvalue weighted by Crippen LogP contribution is -2.50. The molecule has 32 heavy (non-hydrogen) atoms. The van der Waals surface area contributed by atoms with Gasteiger partial charge < -0.3 is 14.7 Å². The van der Waals surface area contributed by atoms with E-state index in [0.717, 1.165) is 43.5 Å². The monoisotopic (exact) mass is 452 g/mol. The van der Waals surface area contributed by atoms with Crippen LogP contribution in [0.2, 0.25) is 0 Å². The molecule has 1 aliphatic heterocycles. The predicted octanol–water partition coefficient (Wildman–Crippen LogP) is 4.42. The Morgan fingerprint density at radius 2 is 1.62 bits per heavy atom. The Kier molecular flexibility index (Phi) is 6.18. The van der Waals surface area contributed by atoms with E-state index in [2.05, 4.69) is 4.90 Å². The summed E-state index contributed by atoms with van der Waals surface area (Å²) in [5, 5.41) is 10.5. The molecule has 5 aliphatic rings. The van der Waals surface area contributed by atoms with Crippen LogP contribution in [0.5, 0.6) is 0 Å². The van der Waals surface area contributed by atoms with Crippen LogP contribution in [0.3, 0.4) is 0 Å². The quantitative estimate of drug-likeness (QED) is 0.664. The first-order chi connectivity index (χ1) is 15.3. The molecule has 7 heteroatoms. The molecule has 1 aromatic carbocycles. The Balaban J connectivity index is 1.05. The van der Waals surface area contributed by atoms with Crippen molar-refractivity contribution < 1.29 is 23.0 Å². The lowest BCUT2D eigenvalue weighted by molar-refractivity contribution is -0.137. The van der Waals surface area contributed by atoms with Crippen LogP contribution in [0, 0.1) is 23.2 Å². The van der Waals surface area contributed by atoms with E-state index in [1.807, 2.05) is 4.90 Å². The zero-order valence-corrected chi connectivity index (χ0v) is 18.7. The van der Waals surface area contributed by atoms with Gasteiger partial charge in [0.2, 0.25) is 0 Å². The summed E-state index contributed by atoms with van der Waals surface area (Å²) in [6, 6.07) is 5.54. The first-order valence-corrected chi connectivity index (χ1v) is 12.2. The Hall–Kier alpha value is -1.31. The van der Waals surface area contributed by atoms with Crippen LogP contribution in [-0.4, -0.2) is 62.0 Å². The van der Waals surface area contributed by atoms with Gasteiger partial charge in [0.25, 0.3) is 0 Å². The van der Waals surface area contributed by atoms with E-state index < -0.39 is 17.8 Å². The molecular weight excluding hydrogens is 417 g/mol. The minimum atomic E-state index is -4.32. The predicted molar refractivity (Wildman–Crippen MR) is 118 cm³/mol. The van der Waals surface area contributed by atoms with Crippen molar-refractivity contribution in [1.82, 2.24) is 4.90 Å². The van der Waals surface area contributed by atoms with Crippen LogP contribution in [0.25, 0.3) is 0 Å². The third kappa shape index (κ3) is 4.95. The van der Waals surface area contributed by atoms with Crippen molar-refractivity contribution in [3.05, 3.63) is 29.8 Å². The molecule has 4 aliphatic carbocycles. The summed E-state index contributed by atoms with van der Waals surface area (Å²) in [5.41, 5.74) is 0.369. The van der Waals surface area contributed by atoms with E-state index in [1.165, 1.54) is 50.7 Å². The maximum Gasteiger partial charge on any atom is 0.416 e. The van der Waals surface area contributed by atoms with Crippen molar-refractivity contribution in [3.8, 4) is 0 Å². The summed E-state index contributed by atoms with van der Waals surface area (Å²) >= 11 is 0. The fourth-order valence-electron chi connectivity index (χ4n) is 7.30. The van der Waals surface area contributed by atoms with Crippen molar-refractivity contribution >= 4 is 5.69 Å². The molecule has 0 amide bonds. The summed E-state index contributed by atoms with van der Waals surface area (Å²) in [7, 11) is 0. The number of anilines is 1. The number of aliphatic hydroxyl groups excluding tert-OH is 1. The lowest BCUT2D eigenvalue weighted by atomic mass is 9.50. The van der Waals surface area contributed by atoms with E-state index in [0.29, 0.717) is 37.3 Å². The van der Waals surface area contributed by atoms with E-state index in [-0.39, 0.29) is 0 Å². The van der Waals surface area contributed by atoms with Gasteiger partial charge in [-0.25, -0.2) is 0 Å². The first-order valence-electron chi connectivity index (χ1n) is 12.2. The number of benzene rings is 1. The SMILES string of the molecule is O[C@H](COCC12CC3CC(CC(C3)C1)C2)CN1CCN(c2cccc(C(F)(F)F)c2)CC1. The van der Waals surface area contributed by atoms with Crippen molar-refractivity contribution in [1.29, 1.82) is 0 Å². The second-order valence-electron chi connectivity index (χ2n) is 10.9. The highest BCUT2D eigenvalue weighted by Crippen LogP contribution is 2.60. The summed E-state index contributed by atoms with van der Waals surface area (Å²) in [4.78, 5) is 4.17. The van der Waals surface area contributed by atoms with Crippen LogP contribution >= 0.6 is 0 Å². The standard InChI is InChI=1S/C25H35F3N2O2/c26-25(27,28)21-2-1-3-22(11-21)30-6-4-29(5-7-30)15-23(31)16-32-17-24-12-18-8-19(13-24)10-20(9-18)14-24/h1-3,11,18-20,23,31H,4-10,12-17H2/t18?,19?,20?,23-,24?/m0/s1. The molecule has 0 unspecified atom stereocenters. The molecule has 6 rings (SSSR count). The van der Waals surface area contributed by atoms with E-state index in [9.17, 15) is 18.3 Å². The van der Waals surface area contributed by atoms with Crippen LogP contribution < -0.4 is 4.90 Å². The van der Waals surface area contributed by atoms with Crippen LogP contribution in [0.15, 0.2) is 24.3 Å². The van der Waals surface area contributed by atoms with Gasteiger partial charge >= 0.3 is 6.18 Å². The third-order valence-corrected chi connectivity index (χ3v) is 8.26. The van der Waals surface area contributed by atoms with Crippen molar-refractivity contribution in [2.45, 2.75) is 50.8 Å². The topological polar surface area (TPSA) is 35.9 Å². The fourth-order valence-corrected chi connectivity index (χ4v) is 7.30. The van der Waals surface area contributed by atoms with Crippen molar-refractivity contribution in [3.63, 3.8) is 0 Å². The number of hydrogen-bond acceptors (Lipinski definition) is 4. The highest BCUT2D eigenvalue weighted by atomic mass is 19.4. The maximum atomic E-state index is 13.0. The second kappa shape index (κ2) is 8.80. The Labute approximate surface area is 188 Å². The van der Waals surface area contributed by atoms with E-state index in [1.54, 1.807) is 6.07 Å². The molecule has 0 radical (unpaired) electrons. The number of rotatable bonds is 7. The number of nitrogens with zero attached hydrogens (tertiary/aromatic N) is 2. The molecule has 5 fully saturated rings. The summed E-state index contributed by atoms with van der Waals surface area (Å²) < 4.78 is 45.0. The summed E-state index contributed by atoms with van der Waals surface area (Å²) in [5.74, 6) is 2.72. The highest BCUT2D eigenvalue weighted by Gasteiger charge is 2.50. The van der Waals surface area contributed by atoms with Gasteiger partial charge in [0, 0.05) is 38.4 Å². The molecule has 1 atom stereocenters. The minimum absolute atomic E-state index is 0.366. The molecule has 1 N–H and O–H groups in total. The van der Waals surface area contributed by atoms with E-state index >= 15 is 0 Å². The highest BCUT2D eigenvalue weighted by molar-refractivity contribution is 5.49. The van der Waals surface area contributed by atoms with Gasteiger partial charge in [-0.2, -0.15) is 13.2 Å². The summed E-state index contributed by atoms with van der Waals surface area (Å²) in [6.07, 6.45) is 3.37. The second-order valence-corrected chi connectivity index (χ2v) is 10.9. The molecule has 4 bridgehead atoms. The van der Waals surface area contributed by atoms with Gasteiger partial charge in [-0.15, -0.1) is 0 Å². The normalized spacial score (nSPS) is 33.6. The fraction of sp³-hybridized carbons (Fsp3) is 0.760. The average molecular weight is 453 g/mol. The Bertz CT molecular complexity index is 756. The first kappa shape index (κ1) is 22.5.